The van der Waals surface area contributed by atoms with Gasteiger partial charge in [0.15, 0.2) is 0 Å². The Kier molecular flexibility index (Phi) is 2.43. The van der Waals surface area contributed by atoms with Crippen molar-refractivity contribution in [3.8, 4) is 5.75 Å². The van der Waals surface area contributed by atoms with Crippen LogP contribution < -0.4 is 10.4 Å². The molecule has 1 aromatic heterocycles. The fourth-order valence-electron chi connectivity index (χ4n) is 2.13. The van der Waals surface area contributed by atoms with E-state index in [0.717, 1.165) is 5.56 Å². The average molecular weight is 249 g/mol. The fourth-order valence-corrected chi connectivity index (χ4v) is 2.13. The van der Waals surface area contributed by atoms with Crippen LogP contribution in [-0.4, -0.2) is 20.5 Å². The lowest BCUT2D eigenvalue weighted by atomic mass is 10.1. The third kappa shape index (κ3) is 1.79. The van der Waals surface area contributed by atoms with Crippen molar-refractivity contribution < 1.29 is 9.13 Å². The number of benzene rings is 1. The summed E-state index contributed by atoms with van der Waals surface area (Å²) < 4.78 is 21.5. The molecule has 2 heterocycles. The first-order chi connectivity index (χ1) is 8.63. The molecule has 0 N–H and O–H groups in total. The summed E-state index contributed by atoms with van der Waals surface area (Å²) in [4.78, 5) is 11.6. The minimum absolute atomic E-state index is 0.172. The lowest BCUT2D eigenvalue weighted by Crippen LogP contribution is -2.30. The van der Waals surface area contributed by atoms with Crippen LogP contribution in [0.1, 0.15) is 5.56 Å². The second kappa shape index (κ2) is 3.97. The van der Waals surface area contributed by atoms with E-state index in [2.05, 4.69) is 5.10 Å². The lowest BCUT2D eigenvalue weighted by Gasteiger charge is -2.09. The molecule has 0 radical (unpaired) electrons. The summed E-state index contributed by atoms with van der Waals surface area (Å²) in [5.41, 5.74) is 0.657. The molecule has 1 aliphatic rings. The van der Waals surface area contributed by atoms with Gasteiger partial charge in [0.2, 0.25) is 0 Å². The lowest BCUT2D eigenvalue weighted by molar-refractivity contribution is 0.201. The molecular weight excluding hydrogens is 237 g/mol. The first-order valence-electron chi connectivity index (χ1n) is 5.67. The predicted octanol–water partition coefficient (Wildman–Crippen LogP) is 0.725. The standard InChI is InChI=1S/C12H12FN3O2/c1-15-7-14-16(12(15)17)6-10-5-8-4-9(13)2-3-11(8)18-10/h2-4,7,10H,5-6H2,1H3. The zero-order chi connectivity index (χ0) is 12.7. The molecule has 3 rings (SSSR count). The number of hydrogen-bond donors (Lipinski definition) is 0. The number of fused-ring (bicyclic) bond motifs is 1. The van der Waals surface area contributed by atoms with Crippen molar-refractivity contribution in [3.63, 3.8) is 0 Å². The van der Waals surface area contributed by atoms with Crippen LogP contribution >= 0.6 is 0 Å². The van der Waals surface area contributed by atoms with E-state index in [1.807, 2.05) is 0 Å². The second-order valence-corrected chi connectivity index (χ2v) is 4.40. The topological polar surface area (TPSA) is 49.0 Å². The molecule has 1 aliphatic heterocycles. The molecule has 6 heteroatoms. The molecule has 1 aromatic carbocycles. The molecule has 2 aromatic rings. The normalized spacial score (nSPS) is 17.6. The van der Waals surface area contributed by atoms with E-state index in [-0.39, 0.29) is 17.6 Å². The van der Waals surface area contributed by atoms with Gasteiger partial charge in [-0.1, -0.05) is 0 Å². The van der Waals surface area contributed by atoms with Crippen molar-refractivity contribution in [2.45, 2.75) is 19.1 Å². The maximum Gasteiger partial charge on any atom is 0.345 e. The van der Waals surface area contributed by atoms with E-state index >= 15 is 0 Å². The number of aromatic nitrogens is 3. The summed E-state index contributed by atoms with van der Waals surface area (Å²) in [6.07, 6.45) is 1.88. The van der Waals surface area contributed by atoms with Crippen molar-refractivity contribution in [2.24, 2.45) is 7.05 Å². The number of aryl methyl sites for hydroxylation is 1. The van der Waals surface area contributed by atoms with Gasteiger partial charge in [0.05, 0.1) is 6.54 Å². The molecule has 0 aliphatic carbocycles. The number of nitrogens with zero attached hydrogens (tertiary/aromatic N) is 3. The van der Waals surface area contributed by atoms with Crippen LogP contribution in [0.4, 0.5) is 4.39 Å². The fraction of sp³-hybridized carbons (Fsp3) is 0.333. The van der Waals surface area contributed by atoms with E-state index in [1.54, 1.807) is 13.1 Å². The molecule has 0 spiro atoms. The van der Waals surface area contributed by atoms with E-state index in [1.165, 1.54) is 27.7 Å². The third-order valence-electron chi connectivity index (χ3n) is 3.03. The highest BCUT2D eigenvalue weighted by Gasteiger charge is 2.24. The van der Waals surface area contributed by atoms with E-state index in [4.69, 9.17) is 4.74 Å². The van der Waals surface area contributed by atoms with Crippen LogP contribution in [-0.2, 0) is 20.0 Å². The zero-order valence-corrected chi connectivity index (χ0v) is 9.84. The molecule has 0 amide bonds. The molecule has 0 saturated carbocycles. The van der Waals surface area contributed by atoms with E-state index in [0.29, 0.717) is 18.7 Å². The van der Waals surface area contributed by atoms with Crippen molar-refractivity contribution in [2.75, 3.05) is 0 Å². The summed E-state index contributed by atoms with van der Waals surface area (Å²) in [5.74, 6) is 0.415. The largest absolute Gasteiger partial charge is 0.488 e. The van der Waals surface area contributed by atoms with E-state index in [9.17, 15) is 9.18 Å². The SMILES string of the molecule is Cn1cnn(CC2Cc3cc(F)ccc3O2)c1=O. The summed E-state index contributed by atoms with van der Waals surface area (Å²) in [6, 6.07) is 4.45. The Morgan fingerprint density at radius 2 is 2.39 bits per heavy atom. The third-order valence-corrected chi connectivity index (χ3v) is 3.03. The number of rotatable bonds is 2. The number of hydrogen-bond acceptors (Lipinski definition) is 3. The molecule has 0 bridgehead atoms. The van der Waals surface area contributed by atoms with Crippen LogP contribution in [0.2, 0.25) is 0 Å². The van der Waals surface area contributed by atoms with Gasteiger partial charge in [-0.2, -0.15) is 5.10 Å². The van der Waals surface area contributed by atoms with Gasteiger partial charge in [0.25, 0.3) is 0 Å². The van der Waals surface area contributed by atoms with Gasteiger partial charge in [0, 0.05) is 19.0 Å². The van der Waals surface area contributed by atoms with Gasteiger partial charge in [-0.3, -0.25) is 4.57 Å². The van der Waals surface area contributed by atoms with Crippen molar-refractivity contribution in [1.29, 1.82) is 0 Å². The predicted molar refractivity (Wildman–Crippen MR) is 62.0 cm³/mol. The first kappa shape index (κ1) is 11.0. The molecule has 0 saturated heterocycles. The Bertz CT molecular complexity index is 647. The highest BCUT2D eigenvalue weighted by atomic mass is 19.1. The van der Waals surface area contributed by atoms with Crippen LogP contribution in [0, 0.1) is 5.82 Å². The van der Waals surface area contributed by atoms with Gasteiger partial charge in [-0.15, -0.1) is 0 Å². The van der Waals surface area contributed by atoms with Crippen LogP contribution in [0.3, 0.4) is 0 Å². The molecular formula is C12H12FN3O2. The summed E-state index contributed by atoms with van der Waals surface area (Å²) in [5, 5.41) is 3.97. The van der Waals surface area contributed by atoms with Gasteiger partial charge in [0.1, 0.15) is 24.0 Å². The summed E-state index contributed by atoms with van der Waals surface area (Å²) in [6.45, 7) is 0.371. The highest BCUT2D eigenvalue weighted by molar-refractivity contribution is 5.37. The highest BCUT2D eigenvalue weighted by Crippen LogP contribution is 2.29. The Morgan fingerprint density at radius 1 is 1.56 bits per heavy atom. The Hall–Kier alpha value is -2.11. The number of ether oxygens (including phenoxy) is 1. The van der Waals surface area contributed by atoms with Crippen molar-refractivity contribution in [1.82, 2.24) is 14.3 Å². The molecule has 1 atom stereocenters. The van der Waals surface area contributed by atoms with E-state index < -0.39 is 0 Å². The Balaban J connectivity index is 1.79. The molecule has 1 unspecified atom stereocenters. The summed E-state index contributed by atoms with van der Waals surface area (Å²) >= 11 is 0. The molecule has 0 fully saturated rings. The average Bonchev–Trinajstić information content (AvgIpc) is 2.86. The van der Waals surface area contributed by atoms with Crippen LogP contribution in [0.25, 0.3) is 0 Å². The van der Waals surface area contributed by atoms with Gasteiger partial charge < -0.3 is 4.74 Å². The summed E-state index contributed by atoms with van der Waals surface area (Å²) in [7, 11) is 1.64. The van der Waals surface area contributed by atoms with Gasteiger partial charge >= 0.3 is 5.69 Å². The Labute approximate surface area is 102 Å². The molecule has 94 valence electrons. The van der Waals surface area contributed by atoms with Crippen LogP contribution in [0.15, 0.2) is 29.3 Å². The second-order valence-electron chi connectivity index (χ2n) is 4.40. The maximum absolute atomic E-state index is 13.1. The monoisotopic (exact) mass is 249 g/mol. The van der Waals surface area contributed by atoms with Crippen molar-refractivity contribution >= 4 is 0 Å². The smallest absolute Gasteiger partial charge is 0.345 e. The zero-order valence-electron chi connectivity index (χ0n) is 9.84. The first-order valence-corrected chi connectivity index (χ1v) is 5.67. The van der Waals surface area contributed by atoms with Crippen molar-refractivity contribution in [3.05, 3.63) is 46.4 Å². The van der Waals surface area contributed by atoms with Gasteiger partial charge in [-0.05, 0) is 18.2 Å². The maximum atomic E-state index is 13.1. The minimum Gasteiger partial charge on any atom is -0.488 e. The molecule has 18 heavy (non-hydrogen) atoms. The number of halogens is 1. The minimum atomic E-state index is -0.270. The molecule has 5 nitrogen and oxygen atoms in total. The Morgan fingerprint density at radius 3 is 3.11 bits per heavy atom. The quantitative estimate of drug-likeness (QED) is 0.788. The van der Waals surface area contributed by atoms with Crippen LogP contribution in [0.5, 0.6) is 5.75 Å². The van der Waals surface area contributed by atoms with Gasteiger partial charge in [-0.25, -0.2) is 13.9 Å².